The van der Waals surface area contributed by atoms with Crippen molar-refractivity contribution in [2.45, 2.75) is 77.5 Å². The Morgan fingerprint density at radius 2 is 1.00 bits per heavy atom. The van der Waals surface area contributed by atoms with Crippen LogP contribution in [-0.2, 0) is 0 Å². The van der Waals surface area contributed by atoms with Gasteiger partial charge in [0.05, 0.1) is 0 Å². The second kappa shape index (κ2) is 3.82. The fourth-order valence-electron chi connectivity index (χ4n) is 3.34. The minimum Gasteiger partial charge on any atom is -0.236 e. The average Bonchev–Trinajstić information content (AvgIpc) is 2.17. The Morgan fingerprint density at radius 3 is 1.21 bits per heavy atom. The highest BCUT2D eigenvalue weighted by atomic mass is 15.7. The van der Waals surface area contributed by atoms with Gasteiger partial charge in [0.25, 0.3) is 0 Å². The van der Waals surface area contributed by atoms with E-state index in [0.717, 1.165) is 12.1 Å². The van der Waals surface area contributed by atoms with Crippen LogP contribution in [0.5, 0.6) is 0 Å². The van der Waals surface area contributed by atoms with Crippen LogP contribution in [-0.4, -0.2) is 34.2 Å². The molecule has 2 nitrogen and oxygen atoms in total. The van der Waals surface area contributed by atoms with Gasteiger partial charge in [-0.1, -0.05) is 0 Å². The molecule has 0 aromatic carbocycles. The molecular weight excluding hydrogens is 172 g/mol. The van der Waals surface area contributed by atoms with Crippen LogP contribution in [0.15, 0.2) is 0 Å². The van der Waals surface area contributed by atoms with Crippen LogP contribution in [0.1, 0.15) is 53.4 Å². The molecule has 2 saturated heterocycles. The van der Waals surface area contributed by atoms with E-state index in [1.165, 1.54) is 25.7 Å². The Morgan fingerprint density at radius 1 is 0.714 bits per heavy atom. The molecule has 1 aliphatic carbocycles. The third kappa shape index (κ3) is 1.59. The first-order valence-electron chi connectivity index (χ1n) is 6.18. The van der Waals surface area contributed by atoms with Crippen molar-refractivity contribution in [1.82, 2.24) is 10.0 Å². The smallest absolute Gasteiger partial charge is 0.0250 e. The minimum absolute atomic E-state index is 0.672. The number of nitrogens with zero attached hydrogens (tertiary/aromatic N) is 2. The summed E-state index contributed by atoms with van der Waals surface area (Å²) < 4.78 is 0. The molecule has 0 radical (unpaired) electrons. The highest BCUT2D eigenvalue weighted by Crippen LogP contribution is 2.37. The predicted molar refractivity (Wildman–Crippen MR) is 60.0 cm³/mol. The molecule has 0 N–H and O–H groups in total. The number of hydrogen-bond acceptors (Lipinski definition) is 2. The maximum atomic E-state index is 2.66. The average molecular weight is 196 g/mol. The second-order valence-electron chi connectivity index (χ2n) is 5.41. The number of hydrazine groups is 1. The summed E-state index contributed by atoms with van der Waals surface area (Å²) in [6, 6.07) is 3.01. The van der Waals surface area contributed by atoms with Gasteiger partial charge in [-0.2, -0.15) is 0 Å². The fraction of sp³-hybridized carbons (Fsp3) is 1.00. The summed E-state index contributed by atoms with van der Waals surface area (Å²) >= 11 is 0. The van der Waals surface area contributed by atoms with Crippen molar-refractivity contribution >= 4 is 0 Å². The van der Waals surface area contributed by atoms with E-state index < -0.39 is 0 Å². The highest BCUT2D eigenvalue weighted by Gasteiger charge is 2.41. The molecule has 2 heterocycles. The third-order valence-corrected chi connectivity index (χ3v) is 3.74. The van der Waals surface area contributed by atoms with E-state index in [4.69, 9.17) is 0 Å². The lowest BCUT2D eigenvalue weighted by atomic mass is 9.86. The first-order chi connectivity index (χ1) is 6.61. The van der Waals surface area contributed by atoms with Gasteiger partial charge in [-0.05, 0) is 53.4 Å². The number of hydrogen-bond donors (Lipinski definition) is 0. The lowest BCUT2D eigenvalue weighted by molar-refractivity contribution is -0.191. The van der Waals surface area contributed by atoms with E-state index in [1.54, 1.807) is 0 Å². The lowest BCUT2D eigenvalue weighted by Crippen LogP contribution is -2.65. The molecule has 2 aliphatic heterocycles. The Bertz CT molecular complexity index is 170. The van der Waals surface area contributed by atoms with Crippen molar-refractivity contribution in [2.75, 3.05) is 0 Å². The molecule has 0 atom stereocenters. The standard InChI is InChI=1S/C12H24N2/c1-9(2)13-11-5-7-12(8-6-11)14(13)10(3)4/h9-12H,5-8H2,1-4H3. The van der Waals surface area contributed by atoms with Crippen LogP contribution < -0.4 is 0 Å². The quantitative estimate of drug-likeness (QED) is 0.670. The van der Waals surface area contributed by atoms with Gasteiger partial charge < -0.3 is 0 Å². The van der Waals surface area contributed by atoms with Crippen molar-refractivity contribution in [2.24, 2.45) is 0 Å². The van der Waals surface area contributed by atoms with Crippen LogP contribution in [0.2, 0.25) is 0 Å². The van der Waals surface area contributed by atoms with Gasteiger partial charge in [-0.3, -0.25) is 0 Å². The molecular formula is C12H24N2. The van der Waals surface area contributed by atoms with E-state index >= 15 is 0 Å². The molecule has 14 heavy (non-hydrogen) atoms. The largest absolute Gasteiger partial charge is 0.236 e. The molecule has 2 heteroatoms. The normalized spacial score (nSPS) is 34.7. The van der Waals surface area contributed by atoms with Crippen LogP contribution in [0, 0.1) is 0 Å². The van der Waals surface area contributed by atoms with Gasteiger partial charge in [-0.15, -0.1) is 0 Å². The second-order valence-corrected chi connectivity index (χ2v) is 5.41. The zero-order valence-electron chi connectivity index (χ0n) is 10.0. The molecule has 0 aromatic rings. The van der Waals surface area contributed by atoms with Gasteiger partial charge in [0.15, 0.2) is 0 Å². The zero-order chi connectivity index (χ0) is 10.3. The zero-order valence-corrected chi connectivity index (χ0v) is 10.0. The lowest BCUT2D eigenvalue weighted by Gasteiger charge is -2.57. The Balaban J connectivity index is 2.18. The Kier molecular flexibility index (Phi) is 2.85. The fourth-order valence-corrected chi connectivity index (χ4v) is 3.34. The summed E-state index contributed by atoms with van der Waals surface area (Å²) in [6.45, 7) is 9.32. The molecule has 82 valence electrons. The predicted octanol–water partition coefficient (Wildman–Crippen LogP) is 2.65. The van der Waals surface area contributed by atoms with E-state index in [0.29, 0.717) is 12.1 Å². The first kappa shape index (κ1) is 10.4. The van der Waals surface area contributed by atoms with Crippen LogP contribution in [0.4, 0.5) is 0 Å². The van der Waals surface area contributed by atoms with E-state index in [1.807, 2.05) is 0 Å². The van der Waals surface area contributed by atoms with Gasteiger partial charge in [0, 0.05) is 24.2 Å². The summed E-state index contributed by atoms with van der Waals surface area (Å²) in [5.74, 6) is 0. The van der Waals surface area contributed by atoms with Crippen molar-refractivity contribution in [3.8, 4) is 0 Å². The maximum absolute atomic E-state index is 2.66. The van der Waals surface area contributed by atoms with Crippen molar-refractivity contribution in [3.63, 3.8) is 0 Å². The summed E-state index contributed by atoms with van der Waals surface area (Å²) in [5, 5.41) is 5.31. The molecule has 3 fully saturated rings. The molecule has 0 aromatic heterocycles. The van der Waals surface area contributed by atoms with Crippen LogP contribution >= 0.6 is 0 Å². The molecule has 0 amide bonds. The number of rotatable bonds is 2. The molecule has 3 aliphatic rings. The molecule has 0 unspecified atom stereocenters. The van der Waals surface area contributed by atoms with Gasteiger partial charge in [0.2, 0.25) is 0 Å². The summed E-state index contributed by atoms with van der Waals surface area (Å²) in [7, 11) is 0. The van der Waals surface area contributed by atoms with Crippen LogP contribution in [0.25, 0.3) is 0 Å². The minimum atomic E-state index is 0.672. The van der Waals surface area contributed by atoms with Crippen molar-refractivity contribution < 1.29 is 0 Å². The molecule has 3 rings (SSSR count). The monoisotopic (exact) mass is 196 g/mol. The summed E-state index contributed by atoms with van der Waals surface area (Å²) in [4.78, 5) is 0. The van der Waals surface area contributed by atoms with Crippen molar-refractivity contribution in [3.05, 3.63) is 0 Å². The van der Waals surface area contributed by atoms with E-state index in [-0.39, 0.29) is 0 Å². The van der Waals surface area contributed by atoms with Crippen molar-refractivity contribution in [1.29, 1.82) is 0 Å². The Labute approximate surface area is 88.2 Å². The van der Waals surface area contributed by atoms with Gasteiger partial charge in [-0.25, -0.2) is 10.0 Å². The van der Waals surface area contributed by atoms with Gasteiger partial charge in [0.1, 0.15) is 0 Å². The van der Waals surface area contributed by atoms with Gasteiger partial charge >= 0.3 is 0 Å². The topological polar surface area (TPSA) is 6.48 Å². The van der Waals surface area contributed by atoms with E-state index in [9.17, 15) is 0 Å². The summed E-state index contributed by atoms with van der Waals surface area (Å²) in [6.07, 6.45) is 5.69. The molecule has 1 saturated carbocycles. The first-order valence-corrected chi connectivity index (χ1v) is 6.18. The highest BCUT2D eigenvalue weighted by molar-refractivity contribution is 4.92. The number of fused-ring (bicyclic) bond motifs is 3. The SMILES string of the molecule is CC(C)N1C2CCC(CC2)N1C(C)C. The molecule has 0 spiro atoms. The third-order valence-electron chi connectivity index (χ3n) is 3.74. The summed E-state index contributed by atoms with van der Waals surface area (Å²) in [5.41, 5.74) is 0. The Hall–Kier alpha value is -0.0800. The van der Waals surface area contributed by atoms with Crippen LogP contribution in [0.3, 0.4) is 0 Å². The maximum Gasteiger partial charge on any atom is 0.0250 e. The molecule has 2 bridgehead atoms. The van der Waals surface area contributed by atoms with E-state index in [2.05, 4.69) is 37.7 Å².